The molecule has 0 saturated carbocycles. The van der Waals surface area contributed by atoms with Crippen LogP contribution in [0, 0.1) is 11.6 Å². The summed E-state index contributed by atoms with van der Waals surface area (Å²) in [5, 5.41) is 3.04. The van der Waals surface area contributed by atoms with E-state index < -0.39 is 17.7 Å². The molecule has 2 rings (SSSR count). The van der Waals surface area contributed by atoms with E-state index >= 15 is 0 Å². The summed E-state index contributed by atoms with van der Waals surface area (Å²) in [6, 6.07) is 3.48. The third kappa shape index (κ3) is 3.73. The highest BCUT2D eigenvalue weighted by Crippen LogP contribution is 2.11. The van der Waals surface area contributed by atoms with Crippen LogP contribution in [0.3, 0.4) is 0 Å². The molecule has 1 atom stereocenters. The van der Waals surface area contributed by atoms with Gasteiger partial charge in [-0.15, -0.1) is 12.4 Å². The Morgan fingerprint density at radius 2 is 2.17 bits per heavy atom. The van der Waals surface area contributed by atoms with Crippen molar-refractivity contribution in [3.63, 3.8) is 0 Å². The van der Waals surface area contributed by atoms with Gasteiger partial charge < -0.3 is 10.1 Å². The molecule has 1 aromatic carbocycles. The first kappa shape index (κ1) is 15.0. The molecule has 1 N–H and O–H groups in total. The summed E-state index contributed by atoms with van der Waals surface area (Å²) in [5.41, 5.74) is 0.461. The lowest BCUT2D eigenvalue weighted by Gasteiger charge is -2.22. The predicted molar refractivity (Wildman–Crippen MR) is 64.9 cm³/mol. The van der Waals surface area contributed by atoms with Gasteiger partial charge >= 0.3 is 0 Å². The van der Waals surface area contributed by atoms with Gasteiger partial charge in [-0.1, -0.05) is 6.07 Å². The van der Waals surface area contributed by atoms with E-state index in [1.165, 1.54) is 6.07 Å². The van der Waals surface area contributed by atoms with Crippen molar-refractivity contribution in [2.24, 2.45) is 0 Å². The third-order valence-corrected chi connectivity index (χ3v) is 2.65. The summed E-state index contributed by atoms with van der Waals surface area (Å²) < 4.78 is 30.9. The average Bonchev–Trinajstić information content (AvgIpc) is 2.35. The zero-order chi connectivity index (χ0) is 12.3. The van der Waals surface area contributed by atoms with Gasteiger partial charge in [0.05, 0.1) is 6.61 Å². The van der Waals surface area contributed by atoms with Crippen LogP contribution in [0.15, 0.2) is 18.2 Å². The largest absolute Gasteiger partial charge is 0.368 e. The fraction of sp³-hybridized carbons (Fsp3) is 0.417. The second kappa shape index (κ2) is 6.78. The van der Waals surface area contributed by atoms with Crippen LogP contribution in [0.1, 0.15) is 5.56 Å². The van der Waals surface area contributed by atoms with Crippen LogP contribution < -0.4 is 5.32 Å². The number of ether oxygens (including phenoxy) is 1. The van der Waals surface area contributed by atoms with E-state index in [0.29, 0.717) is 18.7 Å². The fourth-order valence-corrected chi connectivity index (χ4v) is 1.74. The van der Waals surface area contributed by atoms with Crippen molar-refractivity contribution in [2.75, 3.05) is 19.7 Å². The standard InChI is InChI=1S/C12H13F2NO2.ClH/c13-9-2-1-8(5-10(9)14)6-11(16)12-7-15-3-4-17-12;/h1-2,5,12,15H,3-4,6-7H2;1H. The normalized spacial score (nSPS) is 19.1. The Labute approximate surface area is 110 Å². The molecule has 18 heavy (non-hydrogen) atoms. The van der Waals surface area contributed by atoms with E-state index in [9.17, 15) is 13.6 Å². The summed E-state index contributed by atoms with van der Waals surface area (Å²) in [4.78, 5) is 11.8. The number of Topliss-reactive ketones (excluding diaryl/α,β-unsaturated/α-hetero) is 1. The first-order valence-corrected chi connectivity index (χ1v) is 5.46. The van der Waals surface area contributed by atoms with E-state index in [4.69, 9.17) is 4.74 Å². The molecule has 3 nitrogen and oxygen atoms in total. The van der Waals surface area contributed by atoms with E-state index in [1.54, 1.807) is 0 Å². The summed E-state index contributed by atoms with van der Waals surface area (Å²) in [6.07, 6.45) is -0.430. The molecule has 0 radical (unpaired) electrons. The van der Waals surface area contributed by atoms with E-state index in [1.807, 2.05) is 0 Å². The molecule has 6 heteroatoms. The zero-order valence-corrected chi connectivity index (χ0v) is 10.4. The first-order chi connectivity index (χ1) is 8.16. The Balaban J connectivity index is 0.00000162. The lowest BCUT2D eigenvalue weighted by atomic mass is 10.0. The Kier molecular flexibility index (Phi) is 5.65. The molecule has 1 aromatic rings. The van der Waals surface area contributed by atoms with Crippen molar-refractivity contribution in [1.29, 1.82) is 0 Å². The van der Waals surface area contributed by atoms with E-state index in [-0.39, 0.29) is 24.6 Å². The van der Waals surface area contributed by atoms with Gasteiger partial charge in [-0.2, -0.15) is 0 Å². The quantitative estimate of drug-likeness (QED) is 0.910. The van der Waals surface area contributed by atoms with Crippen molar-refractivity contribution >= 4 is 18.2 Å². The Bertz CT molecular complexity index is 423. The number of rotatable bonds is 3. The van der Waals surface area contributed by atoms with Crippen molar-refractivity contribution < 1.29 is 18.3 Å². The molecule has 1 unspecified atom stereocenters. The van der Waals surface area contributed by atoms with Gasteiger partial charge in [0.1, 0.15) is 6.10 Å². The number of halogens is 3. The minimum absolute atomic E-state index is 0. The lowest BCUT2D eigenvalue weighted by molar-refractivity contribution is -0.131. The van der Waals surface area contributed by atoms with Crippen molar-refractivity contribution in [2.45, 2.75) is 12.5 Å². The van der Waals surface area contributed by atoms with Gasteiger partial charge in [0.25, 0.3) is 0 Å². The van der Waals surface area contributed by atoms with Crippen molar-refractivity contribution in [3.8, 4) is 0 Å². The average molecular weight is 278 g/mol. The lowest BCUT2D eigenvalue weighted by Crippen LogP contribution is -2.43. The highest BCUT2D eigenvalue weighted by Gasteiger charge is 2.21. The number of nitrogens with one attached hydrogen (secondary N) is 1. The molecule has 1 heterocycles. The Morgan fingerprint density at radius 3 is 2.78 bits per heavy atom. The van der Waals surface area contributed by atoms with Crippen LogP contribution in [0.25, 0.3) is 0 Å². The number of benzene rings is 1. The van der Waals surface area contributed by atoms with E-state index in [0.717, 1.165) is 18.7 Å². The van der Waals surface area contributed by atoms with Gasteiger partial charge in [-0.25, -0.2) is 8.78 Å². The van der Waals surface area contributed by atoms with Gasteiger partial charge in [0, 0.05) is 19.5 Å². The SMILES string of the molecule is Cl.O=C(Cc1ccc(F)c(F)c1)C1CNCCO1. The molecule has 0 aromatic heterocycles. The zero-order valence-electron chi connectivity index (χ0n) is 9.62. The third-order valence-electron chi connectivity index (χ3n) is 2.65. The first-order valence-electron chi connectivity index (χ1n) is 5.46. The van der Waals surface area contributed by atoms with Crippen LogP contribution in [0.5, 0.6) is 0 Å². The van der Waals surface area contributed by atoms with Crippen LogP contribution in [0.4, 0.5) is 8.78 Å². The highest BCUT2D eigenvalue weighted by atomic mass is 35.5. The van der Waals surface area contributed by atoms with Crippen LogP contribution in [-0.4, -0.2) is 31.6 Å². The molecule has 0 bridgehead atoms. The second-order valence-electron chi connectivity index (χ2n) is 3.96. The van der Waals surface area contributed by atoms with Crippen LogP contribution in [0.2, 0.25) is 0 Å². The number of carbonyl (C=O) groups excluding carboxylic acids is 1. The van der Waals surface area contributed by atoms with Crippen molar-refractivity contribution in [3.05, 3.63) is 35.4 Å². The molecule has 1 aliphatic rings. The molecular formula is C12H14ClF2NO2. The maximum atomic E-state index is 12.9. The van der Waals surface area contributed by atoms with Crippen molar-refractivity contribution in [1.82, 2.24) is 5.32 Å². The van der Waals surface area contributed by atoms with Gasteiger partial charge in [0.2, 0.25) is 0 Å². The van der Waals surface area contributed by atoms with Gasteiger partial charge in [-0.05, 0) is 17.7 Å². The molecule has 1 saturated heterocycles. The number of hydrogen-bond acceptors (Lipinski definition) is 3. The minimum Gasteiger partial charge on any atom is -0.368 e. The summed E-state index contributed by atoms with van der Waals surface area (Å²) in [6.45, 7) is 1.70. The molecular weight excluding hydrogens is 264 g/mol. The van der Waals surface area contributed by atoms with Crippen LogP contribution in [-0.2, 0) is 16.0 Å². The number of hydrogen-bond donors (Lipinski definition) is 1. The summed E-state index contributed by atoms with van der Waals surface area (Å²) >= 11 is 0. The summed E-state index contributed by atoms with van der Waals surface area (Å²) in [7, 11) is 0. The molecule has 1 aliphatic heterocycles. The molecule has 0 spiro atoms. The van der Waals surface area contributed by atoms with E-state index in [2.05, 4.69) is 5.32 Å². The number of morpholine rings is 1. The highest BCUT2D eigenvalue weighted by molar-refractivity contribution is 5.85. The van der Waals surface area contributed by atoms with Crippen LogP contribution >= 0.6 is 12.4 Å². The molecule has 1 fully saturated rings. The number of ketones is 1. The Morgan fingerprint density at radius 1 is 1.39 bits per heavy atom. The summed E-state index contributed by atoms with van der Waals surface area (Å²) in [5.74, 6) is -1.96. The smallest absolute Gasteiger partial charge is 0.167 e. The second-order valence-corrected chi connectivity index (χ2v) is 3.96. The molecule has 0 aliphatic carbocycles. The monoisotopic (exact) mass is 277 g/mol. The topological polar surface area (TPSA) is 38.3 Å². The maximum Gasteiger partial charge on any atom is 0.167 e. The molecule has 0 amide bonds. The molecule has 100 valence electrons. The fourth-order valence-electron chi connectivity index (χ4n) is 1.74. The Hall–Kier alpha value is -1.04. The number of carbonyl (C=O) groups is 1. The maximum absolute atomic E-state index is 12.9. The van der Waals surface area contributed by atoms with Gasteiger partial charge in [0.15, 0.2) is 17.4 Å². The predicted octanol–water partition coefficient (Wildman–Crippen LogP) is 1.49. The minimum atomic E-state index is -0.932. The van der Waals surface area contributed by atoms with Gasteiger partial charge in [-0.3, -0.25) is 4.79 Å².